The number of ether oxygens (including phenoxy) is 1. The van der Waals surface area contributed by atoms with E-state index in [4.69, 9.17) is 4.74 Å². The highest BCUT2D eigenvalue weighted by Crippen LogP contribution is 2.20. The number of aliphatic hydroxyl groups excluding tert-OH is 2. The summed E-state index contributed by atoms with van der Waals surface area (Å²) in [4.78, 5) is 24.6. The van der Waals surface area contributed by atoms with Crippen molar-refractivity contribution in [1.82, 2.24) is 5.32 Å². The smallest absolute Gasteiger partial charge is 0.305 e. The second-order valence-corrected chi connectivity index (χ2v) is 27.7. The number of esters is 1. The van der Waals surface area contributed by atoms with E-state index in [1.807, 2.05) is 0 Å². The number of nitrogens with one attached hydrogen (secondary N) is 1. The molecule has 520 valence electrons. The molecule has 0 aliphatic heterocycles. The van der Waals surface area contributed by atoms with E-state index >= 15 is 0 Å². The van der Waals surface area contributed by atoms with Crippen LogP contribution in [-0.4, -0.2) is 47.4 Å². The van der Waals surface area contributed by atoms with Crippen LogP contribution in [0.15, 0.2) is 36.5 Å². The molecule has 0 aliphatic carbocycles. The molecule has 0 saturated heterocycles. The van der Waals surface area contributed by atoms with E-state index < -0.39 is 12.1 Å². The summed E-state index contributed by atoms with van der Waals surface area (Å²) in [5.74, 6) is -0.0225. The Labute approximate surface area is 551 Å². The number of carbonyl (C=O) groups is 2. The second-order valence-electron chi connectivity index (χ2n) is 27.7. The van der Waals surface area contributed by atoms with Gasteiger partial charge in [-0.2, -0.15) is 0 Å². The van der Waals surface area contributed by atoms with Crippen molar-refractivity contribution in [3.63, 3.8) is 0 Å². The van der Waals surface area contributed by atoms with E-state index in [-0.39, 0.29) is 18.5 Å². The molecule has 6 heteroatoms. The third kappa shape index (κ3) is 73.1. The lowest BCUT2D eigenvalue weighted by Gasteiger charge is -2.22. The Morgan fingerprint density at radius 1 is 0.318 bits per heavy atom. The molecule has 0 bridgehead atoms. The predicted molar refractivity (Wildman–Crippen MR) is 389 cm³/mol. The molecule has 3 N–H and O–H groups in total. The number of amides is 1. The summed E-state index contributed by atoms with van der Waals surface area (Å²) >= 11 is 0. The largest absolute Gasteiger partial charge is 0.466 e. The van der Waals surface area contributed by atoms with Crippen LogP contribution >= 0.6 is 0 Å². The van der Waals surface area contributed by atoms with Crippen molar-refractivity contribution in [2.24, 2.45) is 0 Å². The molecular formula is C82H157NO5. The molecule has 2 atom stereocenters. The summed E-state index contributed by atoms with van der Waals surface area (Å²) < 4.78 is 5.49. The van der Waals surface area contributed by atoms with Crippen molar-refractivity contribution in [2.45, 2.75) is 463 Å². The third-order valence-electron chi connectivity index (χ3n) is 18.9. The van der Waals surface area contributed by atoms with E-state index in [0.29, 0.717) is 25.9 Å². The number of carbonyl (C=O) groups excluding carboxylic acids is 2. The summed E-state index contributed by atoms with van der Waals surface area (Å²) in [7, 11) is 0. The van der Waals surface area contributed by atoms with Gasteiger partial charge in [0, 0.05) is 12.8 Å². The maximum Gasteiger partial charge on any atom is 0.305 e. The molecule has 0 fully saturated rings. The molecule has 1 amide bonds. The second kappa shape index (κ2) is 77.5. The Morgan fingerprint density at radius 3 is 0.909 bits per heavy atom. The first kappa shape index (κ1) is 86.1. The molecular weight excluding hydrogens is 1080 g/mol. The zero-order valence-corrected chi connectivity index (χ0v) is 59.7. The van der Waals surface area contributed by atoms with Gasteiger partial charge in [0.25, 0.3) is 0 Å². The minimum atomic E-state index is -0.664. The molecule has 0 aromatic carbocycles. The predicted octanol–water partition coefficient (Wildman–Crippen LogP) is 26.6. The SMILES string of the molecule is CCCC/C=C\C/C=C\CCCCCCCC(=O)OCCCCCCCCCCCCCC/C=C\CCCCCCCCCCCCCCCCCCC(=O)NC(CO)C(O)CCCCCCCCCCCCCCCCCCCCCCCCCCC. The number of hydrogen-bond acceptors (Lipinski definition) is 5. The first-order valence-electron chi connectivity index (χ1n) is 40.2. The fraction of sp³-hybridized carbons (Fsp3) is 0.902. The molecule has 0 aliphatic rings. The van der Waals surface area contributed by atoms with E-state index in [0.717, 1.165) is 51.4 Å². The van der Waals surface area contributed by atoms with Gasteiger partial charge in [0.1, 0.15) is 0 Å². The maximum atomic E-state index is 12.6. The molecule has 0 aromatic heterocycles. The van der Waals surface area contributed by atoms with Crippen LogP contribution in [0.25, 0.3) is 0 Å². The number of unbranched alkanes of at least 4 members (excludes halogenated alkanes) is 59. The Kier molecular flexibility index (Phi) is 75.8. The van der Waals surface area contributed by atoms with Crippen LogP contribution in [0.3, 0.4) is 0 Å². The van der Waals surface area contributed by atoms with Crippen molar-refractivity contribution < 1.29 is 24.5 Å². The Balaban J connectivity index is 3.36. The Hall–Kier alpha value is -1.92. The highest BCUT2D eigenvalue weighted by Gasteiger charge is 2.20. The van der Waals surface area contributed by atoms with Crippen molar-refractivity contribution in [1.29, 1.82) is 0 Å². The first-order chi connectivity index (χ1) is 43.5. The fourth-order valence-electron chi connectivity index (χ4n) is 12.8. The lowest BCUT2D eigenvalue weighted by atomic mass is 10.0. The van der Waals surface area contributed by atoms with Gasteiger partial charge < -0.3 is 20.3 Å². The quantitative estimate of drug-likeness (QED) is 0.0320. The number of hydrogen-bond donors (Lipinski definition) is 3. The van der Waals surface area contributed by atoms with Gasteiger partial charge in [-0.15, -0.1) is 0 Å². The van der Waals surface area contributed by atoms with E-state index in [1.165, 1.54) is 366 Å². The molecule has 0 spiro atoms. The maximum absolute atomic E-state index is 12.6. The minimum Gasteiger partial charge on any atom is -0.466 e. The molecule has 0 radical (unpaired) electrons. The topological polar surface area (TPSA) is 95.9 Å². The Morgan fingerprint density at radius 2 is 0.580 bits per heavy atom. The van der Waals surface area contributed by atoms with Crippen molar-refractivity contribution in [3.8, 4) is 0 Å². The molecule has 2 unspecified atom stereocenters. The minimum absolute atomic E-state index is 0.00426. The molecule has 0 heterocycles. The van der Waals surface area contributed by atoms with Crippen LogP contribution in [0, 0.1) is 0 Å². The first-order valence-corrected chi connectivity index (χ1v) is 40.2. The lowest BCUT2D eigenvalue weighted by Crippen LogP contribution is -2.45. The van der Waals surface area contributed by atoms with Crippen molar-refractivity contribution in [2.75, 3.05) is 13.2 Å². The van der Waals surface area contributed by atoms with Gasteiger partial charge in [-0.1, -0.05) is 397 Å². The fourth-order valence-corrected chi connectivity index (χ4v) is 12.8. The average molecular weight is 1240 g/mol. The van der Waals surface area contributed by atoms with E-state index in [9.17, 15) is 19.8 Å². The summed E-state index contributed by atoms with van der Waals surface area (Å²) in [6.07, 6.45) is 101. The summed E-state index contributed by atoms with van der Waals surface area (Å²) in [6.45, 7) is 4.95. The molecule has 0 saturated carbocycles. The van der Waals surface area contributed by atoms with Crippen molar-refractivity contribution in [3.05, 3.63) is 36.5 Å². The van der Waals surface area contributed by atoms with Crippen molar-refractivity contribution >= 4 is 11.9 Å². The van der Waals surface area contributed by atoms with E-state index in [1.54, 1.807) is 0 Å². The molecule has 0 aromatic rings. The third-order valence-corrected chi connectivity index (χ3v) is 18.9. The van der Waals surface area contributed by atoms with Crippen LogP contribution < -0.4 is 5.32 Å². The number of rotatable bonds is 76. The molecule has 6 nitrogen and oxygen atoms in total. The standard InChI is InChI=1S/C82H157NO5/c1-3-5-7-9-11-13-15-17-19-20-21-22-23-32-35-38-41-44-47-50-54-58-62-66-70-74-80(85)79(78-84)83-81(86)75-71-67-63-59-55-51-48-45-42-39-36-33-30-28-26-24-25-27-29-31-34-37-40-43-46-49-53-57-61-65-69-73-77-88-82(87)76-72-68-64-60-56-52-18-16-14-12-10-8-6-4-2/h10,12,16,18,27,29,79-80,84-85H,3-9,11,13-15,17,19-26,28,30-78H2,1-2H3,(H,83,86)/b12-10-,18-16-,29-27-. The van der Waals surface area contributed by atoms with Gasteiger partial charge in [0.2, 0.25) is 5.91 Å². The highest BCUT2D eigenvalue weighted by atomic mass is 16.5. The lowest BCUT2D eigenvalue weighted by molar-refractivity contribution is -0.143. The van der Waals surface area contributed by atoms with Crippen LogP contribution in [0.5, 0.6) is 0 Å². The average Bonchev–Trinajstić information content (AvgIpc) is 3.58. The molecule has 0 rings (SSSR count). The van der Waals surface area contributed by atoms with Gasteiger partial charge in [-0.3, -0.25) is 9.59 Å². The van der Waals surface area contributed by atoms with Crippen LogP contribution in [0.1, 0.15) is 450 Å². The van der Waals surface area contributed by atoms with Gasteiger partial charge in [0.05, 0.1) is 25.4 Å². The summed E-state index contributed by atoms with van der Waals surface area (Å²) in [5.41, 5.74) is 0. The monoisotopic (exact) mass is 1240 g/mol. The zero-order valence-electron chi connectivity index (χ0n) is 59.7. The number of allylic oxidation sites excluding steroid dienone is 6. The molecule has 88 heavy (non-hydrogen) atoms. The van der Waals surface area contributed by atoms with Gasteiger partial charge in [0.15, 0.2) is 0 Å². The zero-order chi connectivity index (χ0) is 63.5. The van der Waals surface area contributed by atoms with Crippen LogP contribution in [0.2, 0.25) is 0 Å². The van der Waals surface area contributed by atoms with Gasteiger partial charge in [-0.05, 0) is 77.0 Å². The highest BCUT2D eigenvalue weighted by molar-refractivity contribution is 5.76. The summed E-state index contributed by atoms with van der Waals surface area (Å²) in [5, 5.41) is 23.5. The van der Waals surface area contributed by atoms with Gasteiger partial charge in [-0.25, -0.2) is 0 Å². The van der Waals surface area contributed by atoms with Gasteiger partial charge >= 0.3 is 5.97 Å². The Bertz CT molecular complexity index is 1430. The van der Waals surface area contributed by atoms with Crippen LogP contribution in [0.4, 0.5) is 0 Å². The summed E-state index contributed by atoms with van der Waals surface area (Å²) in [6, 6.07) is -0.541. The normalized spacial score (nSPS) is 12.6. The van der Waals surface area contributed by atoms with Crippen LogP contribution in [-0.2, 0) is 14.3 Å². The number of aliphatic hydroxyl groups is 2. The van der Waals surface area contributed by atoms with E-state index in [2.05, 4.69) is 55.6 Å².